The molecule has 2 aromatic carbocycles. The summed E-state index contributed by atoms with van der Waals surface area (Å²) < 4.78 is 0. The van der Waals surface area contributed by atoms with Gasteiger partial charge in [0.05, 0.1) is 5.56 Å². The predicted molar refractivity (Wildman–Crippen MR) is 72.7 cm³/mol. The van der Waals surface area contributed by atoms with E-state index in [1.165, 1.54) is 12.1 Å². The lowest BCUT2D eigenvalue weighted by Gasteiger charge is -2.07. The topological polar surface area (TPSA) is 54.4 Å². The number of carbonyl (C=O) groups excluding carboxylic acids is 1. The highest BCUT2D eigenvalue weighted by atomic mass is 16.4. The summed E-state index contributed by atoms with van der Waals surface area (Å²) in [6.07, 6.45) is 0. The summed E-state index contributed by atoms with van der Waals surface area (Å²) in [6, 6.07) is 11.6. The van der Waals surface area contributed by atoms with E-state index in [4.69, 9.17) is 5.11 Å². The standard InChI is InChI=1S/C16H14O3/c1-10-4-3-5-14(11(10)2)15(17)12-6-8-13(9-7-12)16(18)19/h3-9H,1-2H3,(H,18,19). The molecule has 19 heavy (non-hydrogen) atoms. The molecule has 0 aromatic heterocycles. The first-order chi connectivity index (χ1) is 9.00. The molecule has 0 unspecified atom stereocenters. The number of aromatic carboxylic acids is 1. The first-order valence-corrected chi connectivity index (χ1v) is 5.95. The molecule has 0 bridgehead atoms. The Labute approximate surface area is 111 Å². The van der Waals surface area contributed by atoms with Crippen molar-refractivity contribution in [3.63, 3.8) is 0 Å². The van der Waals surface area contributed by atoms with Gasteiger partial charge in [-0.25, -0.2) is 4.79 Å². The monoisotopic (exact) mass is 254 g/mol. The lowest BCUT2D eigenvalue weighted by atomic mass is 9.96. The fourth-order valence-electron chi connectivity index (χ4n) is 1.92. The van der Waals surface area contributed by atoms with E-state index in [1.807, 2.05) is 26.0 Å². The second-order valence-electron chi connectivity index (χ2n) is 4.46. The minimum Gasteiger partial charge on any atom is -0.478 e. The van der Waals surface area contributed by atoms with Crippen LogP contribution in [0.2, 0.25) is 0 Å². The number of carbonyl (C=O) groups is 2. The number of carboxylic acid groups (broad SMARTS) is 1. The van der Waals surface area contributed by atoms with E-state index in [2.05, 4.69) is 0 Å². The molecule has 1 N–H and O–H groups in total. The zero-order chi connectivity index (χ0) is 14.0. The SMILES string of the molecule is Cc1cccc(C(=O)c2ccc(C(=O)O)cc2)c1C. The Kier molecular flexibility index (Phi) is 3.47. The van der Waals surface area contributed by atoms with E-state index in [9.17, 15) is 9.59 Å². The van der Waals surface area contributed by atoms with Crippen molar-refractivity contribution in [1.82, 2.24) is 0 Å². The van der Waals surface area contributed by atoms with Crippen LogP contribution >= 0.6 is 0 Å². The average Bonchev–Trinajstić information content (AvgIpc) is 2.41. The van der Waals surface area contributed by atoms with Gasteiger partial charge < -0.3 is 5.11 Å². The fraction of sp³-hybridized carbons (Fsp3) is 0.125. The van der Waals surface area contributed by atoms with Gasteiger partial charge in [-0.1, -0.05) is 30.3 Å². The Hall–Kier alpha value is -2.42. The molecule has 0 aliphatic heterocycles. The van der Waals surface area contributed by atoms with Gasteiger partial charge >= 0.3 is 5.97 Å². The molecule has 3 heteroatoms. The summed E-state index contributed by atoms with van der Waals surface area (Å²) in [5.41, 5.74) is 3.35. The first-order valence-electron chi connectivity index (χ1n) is 5.95. The molecule has 0 saturated heterocycles. The largest absolute Gasteiger partial charge is 0.478 e. The predicted octanol–water partition coefficient (Wildman–Crippen LogP) is 3.23. The summed E-state index contributed by atoms with van der Waals surface area (Å²) in [4.78, 5) is 23.1. The van der Waals surface area contributed by atoms with Crippen molar-refractivity contribution in [1.29, 1.82) is 0 Å². The molecule has 0 aliphatic carbocycles. The molecule has 2 rings (SSSR count). The minimum absolute atomic E-state index is 0.0851. The van der Waals surface area contributed by atoms with Crippen LogP contribution in [0, 0.1) is 13.8 Å². The third kappa shape index (κ3) is 2.55. The van der Waals surface area contributed by atoms with Crippen LogP contribution < -0.4 is 0 Å². The van der Waals surface area contributed by atoms with Gasteiger partial charge in [0, 0.05) is 11.1 Å². The van der Waals surface area contributed by atoms with Crippen molar-refractivity contribution in [2.45, 2.75) is 13.8 Å². The smallest absolute Gasteiger partial charge is 0.335 e. The Morgan fingerprint density at radius 1 is 0.895 bits per heavy atom. The van der Waals surface area contributed by atoms with Crippen molar-refractivity contribution >= 4 is 11.8 Å². The van der Waals surface area contributed by atoms with Gasteiger partial charge in [0.1, 0.15) is 0 Å². The van der Waals surface area contributed by atoms with Crippen molar-refractivity contribution in [3.8, 4) is 0 Å². The van der Waals surface area contributed by atoms with Crippen LogP contribution in [0.3, 0.4) is 0 Å². The summed E-state index contributed by atoms with van der Waals surface area (Å²) in [5.74, 6) is -1.08. The zero-order valence-electron chi connectivity index (χ0n) is 10.8. The molecular weight excluding hydrogens is 240 g/mol. The summed E-state index contributed by atoms with van der Waals surface area (Å²) in [7, 11) is 0. The quantitative estimate of drug-likeness (QED) is 0.855. The molecule has 0 fully saturated rings. The van der Waals surface area contributed by atoms with Crippen LogP contribution in [0.1, 0.15) is 37.4 Å². The van der Waals surface area contributed by atoms with Gasteiger partial charge in [-0.3, -0.25) is 4.79 Å². The molecule has 0 saturated carbocycles. The van der Waals surface area contributed by atoms with Gasteiger partial charge in [-0.05, 0) is 37.1 Å². The van der Waals surface area contributed by atoms with Crippen molar-refractivity contribution in [3.05, 3.63) is 70.3 Å². The van der Waals surface area contributed by atoms with Gasteiger partial charge in [-0.2, -0.15) is 0 Å². The maximum atomic E-state index is 12.4. The number of benzene rings is 2. The lowest BCUT2D eigenvalue weighted by molar-refractivity contribution is 0.0696. The molecule has 0 heterocycles. The molecule has 0 atom stereocenters. The van der Waals surface area contributed by atoms with E-state index in [0.717, 1.165) is 11.1 Å². The number of rotatable bonds is 3. The van der Waals surface area contributed by atoms with Crippen LogP contribution in [-0.2, 0) is 0 Å². The first kappa shape index (κ1) is 13.0. The van der Waals surface area contributed by atoms with Crippen molar-refractivity contribution in [2.24, 2.45) is 0 Å². The van der Waals surface area contributed by atoms with Crippen LogP contribution in [0.5, 0.6) is 0 Å². The van der Waals surface area contributed by atoms with Gasteiger partial charge in [0.25, 0.3) is 0 Å². The number of carboxylic acids is 1. The highest BCUT2D eigenvalue weighted by Gasteiger charge is 2.13. The summed E-state index contributed by atoms with van der Waals surface area (Å²) >= 11 is 0. The number of hydrogen-bond acceptors (Lipinski definition) is 2. The van der Waals surface area contributed by atoms with Gasteiger partial charge in [-0.15, -0.1) is 0 Å². The maximum Gasteiger partial charge on any atom is 0.335 e. The Morgan fingerprint density at radius 3 is 2.05 bits per heavy atom. The molecular formula is C16H14O3. The van der Waals surface area contributed by atoms with Crippen molar-refractivity contribution in [2.75, 3.05) is 0 Å². The Morgan fingerprint density at radius 2 is 1.47 bits per heavy atom. The Balaban J connectivity index is 2.39. The molecule has 96 valence electrons. The van der Waals surface area contributed by atoms with Crippen molar-refractivity contribution < 1.29 is 14.7 Å². The van der Waals surface area contributed by atoms with Crippen LogP contribution in [0.4, 0.5) is 0 Å². The van der Waals surface area contributed by atoms with Gasteiger partial charge in [0.15, 0.2) is 5.78 Å². The molecule has 3 nitrogen and oxygen atoms in total. The summed E-state index contributed by atoms with van der Waals surface area (Å²) in [5, 5.41) is 8.83. The zero-order valence-corrected chi connectivity index (χ0v) is 10.8. The summed E-state index contributed by atoms with van der Waals surface area (Å²) in [6.45, 7) is 3.87. The molecule has 0 amide bonds. The van der Waals surface area contributed by atoms with E-state index in [-0.39, 0.29) is 11.3 Å². The van der Waals surface area contributed by atoms with Crippen LogP contribution in [0.25, 0.3) is 0 Å². The maximum absolute atomic E-state index is 12.4. The minimum atomic E-state index is -0.995. The molecule has 0 aliphatic rings. The molecule has 0 radical (unpaired) electrons. The third-order valence-corrected chi connectivity index (χ3v) is 3.24. The lowest BCUT2D eigenvalue weighted by Crippen LogP contribution is -2.05. The van der Waals surface area contributed by atoms with Crippen LogP contribution in [-0.4, -0.2) is 16.9 Å². The normalized spacial score (nSPS) is 10.2. The number of aryl methyl sites for hydroxylation is 1. The third-order valence-electron chi connectivity index (χ3n) is 3.24. The highest BCUT2D eigenvalue weighted by molar-refractivity contribution is 6.10. The van der Waals surface area contributed by atoms with E-state index >= 15 is 0 Å². The van der Waals surface area contributed by atoms with E-state index < -0.39 is 5.97 Å². The Bertz CT molecular complexity index is 640. The number of ketones is 1. The second-order valence-corrected chi connectivity index (χ2v) is 4.46. The fourth-order valence-corrected chi connectivity index (χ4v) is 1.92. The average molecular weight is 254 g/mol. The second kappa shape index (κ2) is 5.06. The van der Waals surface area contributed by atoms with E-state index in [0.29, 0.717) is 11.1 Å². The van der Waals surface area contributed by atoms with E-state index in [1.54, 1.807) is 18.2 Å². The van der Waals surface area contributed by atoms with Gasteiger partial charge in [0.2, 0.25) is 0 Å². The molecule has 2 aromatic rings. The number of hydrogen-bond donors (Lipinski definition) is 1. The highest BCUT2D eigenvalue weighted by Crippen LogP contribution is 2.17. The molecule has 0 spiro atoms. The van der Waals surface area contributed by atoms with Crippen LogP contribution in [0.15, 0.2) is 42.5 Å².